The van der Waals surface area contributed by atoms with Gasteiger partial charge in [-0.3, -0.25) is 19.5 Å². The molecule has 0 radical (unpaired) electrons. The van der Waals surface area contributed by atoms with Gasteiger partial charge in [0.05, 0.1) is 20.3 Å². The number of hydrogen-bond donors (Lipinski definition) is 1. The summed E-state index contributed by atoms with van der Waals surface area (Å²) in [4.78, 5) is 45.1. The summed E-state index contributed by atoms with van der Waals surface area (Å²) in [6.45, 7) is 5.67. The van der Waals surface area contributed by atoms with Gasteiger partial charge in [0.1, 0.15) is 17.0 Å². The Bertz CT molecular complexity index is 2250. The van der Waals surface area contributed by atoms with Gasteiger partial charge in [-0.1, -0.05) is 67.9 Å². The number of pyridine rings is 1. The van der Waals surface area contributed by atoms with Gasteiger partial charge in [-0.25, -0.2) is 4.79 Å². The quantitative estimate of drug-likeness (QED) is 0.0882. The van der Waals surface area contributed by atoms with Crippen LogP contribution in [0.25, 0.3) is 0 Å². The molecule has 0 aliphatic heterocycles. The van der Waals surface area contributed by atoms with Crippen molar-refractivity contribution in [2.24, 2.45) is 11.8 Å². The van der Waals surface area contributed by atoms with Crippen LogP contribution < -0.4 is 19.7 Å². The van der Waals surface area contributed by atoms with Crippen LogP contribution in [0, 0.1) is 11.8 Å². The average molecular weight is 888 g/mol. The lowest BCUT2D eigenvalue weighted by atomic mass is 9.59. The number of nitrogens with zero attached hydrogens (tertiary/aromatic N) is 2. The Labute approximate surface area is 373 Å². The van der Waals surface area contributed by atoms with E-state index < -0.39 is 29.0 Å². The molecule has 0 unspecified atom stereocenters. The first-order valence-corrected chi connectivity index (χ1v) is 22.5. The molecule has 3 atom stereocenters. The molecular formula is C50H57ClF3N3O6. The van der Waals surface area contributed by atoms with E-state index in [-0.39, 0.29) is 41.3 Å². The van der Waals surface area contributed by atoms with Gasteiger partial charge in [0, 0.05) is 41.1 Å². The predicted octanol–water partition coefficient (Wildman–Crippen LogP) is 10.3. The van der Waals surface area contributed by atoms with Crippen molar-refractivity contribution < 1.29 is 41.8 Å². The molecule has 13 heteroatoms. The number of aromatic nitrogens is 1. The van der Waals surface area contributed by atoms with Crippen LogP contribution >= 0.6 is 11.6 Å². The Morgan fingerprint density at radius 2 is 1.76 bits per heavy atom. The van der Waals surface area contributed by atoms with E-state index in [0.29, 0.717) is 68.4 Å². The highest BCUT2D eigenvalue weighted by molar-refractivity contribution is 6.31. The summed E-state index contributed by atoms with van der Waals surface area (Å²) in [5.41, 5.74) is 2.91. The summed E-state index contributed by atoms with van der Waals surface area (Å²) in [7, 11) is 1.14. The van der Waals surface area contributed by atoms with Gasteiger partial charge in [0.15, 0.2) is 0 Å². The molecule has 0 bridgehead atoms. The van der Waals surface area contributed by atoms with Crippen molar-refractivity contribution in [1.29, 1.82) is 0 Å². The van der Waals surface area contributed by atoms with Crippen molar-refractivity contribution in [3.05, 3.63) is 118 Å². The Hall–Kier alpha value is -5.10. The number of fused-ring (bicyclic) bond motifs is 3. The average Bonchev–Trinajstić information content (AvgIpc) is 3.56. The van der Waals surface area contributed by atoms with Crippen molar-refractivity contribution in [3.8, 4) is 11.5 Å². The smallest absolute Gasteiger partial charge is 0.471 e. The van der Waals surface area contributed by atoms with E-state index in [4.69, 9.17) is 25.8 Å². The first-order valence-electron chi connectivity index (χ1n) is 22.2. The molecule has 4 aromatic rings. The molecule has 3 aromatic carbocycles. The normalized spacial score (nSPS) is 22.1. The molecule has 9 nitrogen and oxygen atoms in total. The SMILES string of the molecule is COC(=O)C1(N(C(=O)C(F)(F)F)c2cccc(Cl)c2)CCC2(CC1)c1cc(OCCCNC(=O)CCc3ccccc3)ccc1C[C@@H]2C[C@@H](C)COc1ccnc2c1[C@H](C)CCC2. The molecule has 3 aliphatic rings. The highest BCUT2D eigenvalue weighted by atomic mass is 35.5. The lowest BCUT2D eigenvalue weighted by Gasteiger charge is -2.51. The molecule has 0 saturated heterocycles. The zero-order valence-corrected chi connectivity index (χ0v) is 37.0. The van der Waals surface area contributed by atoms with Gasteiger partial charge in [-0.2, -0.15) is 13.2 Å². The van der Waals surface area contributed by atoms with E-state index >= 15 is 0 Å². The van der Waals surface area contributed by atoms with Crippen molar-refractivity contribution in [2.45, 2.75) is 114 Å². The summed E-state index contributed by atoms with van der Waals surface area (Å²) in [5, 5.41) is 3.10. The van der Waals surface area contributed by atoms with Crippen LogP contribution in [-0.2, 0) is 43.8 Å². The minimum atomic E-state index is -5.28. The van der Waals surface area contributed by atoms with Gasteiger partial charge in [-0.15, -0.1) is 0 Å². The fourth-order valence-corrected chi connectivity index (χ4v) is 10.6. The molecule has 7 rings (SSSR count). The van der Waals surface area contributed by atoms with Crippen LogP contribution in [0.1, 0.15) is 106 Å². The number of amides is 2. The monoisotopic (exact) mass is 887 g/mol. The van der Waals surface area contributed by atoms with Crippen LogP contribution in [0.5, 0.6) is 11.5 Å². The molecule has 63 heavy (non-hydrogen) atoms. The minimum absolute atomic E-state index is 0.0233. The minimum Gasteiger partial charge on any atom is -0.494 e. The van der Waals surface area contributed by atoms with Crippen molar-refractivity contribution in [1.82, 2.24) is 10.3 Å². The highest BCUT2D eigenvalue weighted by Gasteiger charge is 2.60. The number of nitrogens with one attached hydrogen (secondary N) is 1. The van der Waals surface area contributed by atoms with Crippen LogP contribution in [0.4, 0.5) is 18.9 Å². The fourth-order valence-electron chi connectivity index (χ4n) is 10.4. The van der Waals surface area contributed by atoms with Crippen molar-refractivity contribution in [3.63, 3.8) is 0 Å². The van der Waals surface area contributed by atoms with E-state index in [1.54, 1.807) is 0 Å². The van der Waals surface area contributed by atoms with Crippen molar-refractivity contribution >= 4 is 35.1 Å². The van der Waals surface area contributed by atoms with E-state index in [0.717, 1.165) is 67.3 Å². The summed E-state index contributed by atoms with van der Waals surface area (Å²) >= 11 is 6.27. The topological polar surface area (TPSA) is 107 Å². The van der Waals surface area contributed by atoms with Gasteiger partial charge in [0.25, 0.3) is 0 Å². The Morgan fingerprint density at radius 1 is 0.984 bits per heavy atom. The fraction of sp³-hybridized carbons (Fsp3) is 0.480. The number of hydrogen-bond acceptors (Lipinski definition) is 7. The molecular weight excluding hydrogens is 831 g/mol. The predicted molar refractivity (Wildman–Crippen MR) is 236 cm³/mol. The number of carbonyl (C=O) groups is 3. The second-order valence-corrected chi connectivity index (χ2v) is 18.1. The maximum atomic E-state index is 14.5. The molecule has 1 heterocycles. The van der Waals surface area contributed by atoms with E-state index in [1.807, 2.05) is 54.7 Å². The van der Waals surface area contributed by atoms with E-state index in [9.17, 15) is 27.6 Å². The largest absolute Gasteiger partial charge is 0.494 e. The maximum Gasteiger partial charge on any atom is 0.471 e. The molecule has 1 spiro atoms. The summed E-state index contributed by atoms with van der Waals surface area (Å²) in [6.07, 6.45) is 3.24. The first kappa shape index (κ1) is 45.9. The Kier molecular flexibility index (Phi) is 14.4. The molecule has 1 aromatic heterocycles. The number of benzene rings is 3. The number of aryl methyl sites for hydroxylation is 2. The number of anilines is 1. The third-order valence-corrected chi connectivity index (χ3v) is 13.8. The summed E-state index contributed by atoms with van der Waals surface area (Å²) in [5.74, 6) is -1.07. The highest BCUT2D eigenvalue weighted by Crippen LogP contribution is 2.58. The van der Waals surface area contributed by atoms with E-state index in [2.05, 4.69) is 30.2 Å². The van der Waals surface area contributed by atoms with Crippen LogP contribution in [0.15, 0.2) is 85.1 Å². The second-order valence-electron chi connectivity index (χ2n) is 17.7. The summed E-state index contributed by atoms with van der Waals surface area (Å²) in [6, 6.07) is 23.5. The number of rotatable bonds is 16. The molecule has 1 fully saturated rings. The number of halogens is 4. The van der Waals surface area contributed by atoms with Crippen LogP contribution in [0.2, 0.25) is 5.02 Å². The Morgan fingerprint density at radius 3 is 2.49 bits per heavy atom. The summed E-state index contributed by atoms with van der Waals surface area (Å²) < 4.78 is 61.5. The van der Waals surface area contributed by atoms with E-state index in [1.165, 1.54) is 29.8 Å². The van der Waals surface area contributed by atoms with Crippen LogP contribution in [-0.4, -0.2) is 61.4 Å². The number of ether oxygens (including phenoxy) is 3. The molecule has 2 amide bonds. The zero-order chi connectivity index (χ0) is 44.8. The number of esters is 1. The number of carbonyl (C=O) groups excluding carboxylic acids is 3. The standard InChI is InChI=1S/C50H57ClF3N3O6/c1-33(32-63-43-20-26-55-42-15-7-10-34(2)45(42)43)28-37-29-36-17-18-40(62-27-9-25-56-44(58)19-16-35-11-5-4-6-12-35)31-41(36)48(37)21-23-49(24-22-48,47(60)61-3)57(46(59)50(52,53)54)39-14-8-13-38(51)30-39/h4-6,8,11-14,17-18,20,26,30-31,33-34,37H,7,9-10,15-16,19,21-25,27-29,32H2,1-3H3,(H,56,58)/t33-,34-,37+,48?,49?/m1/s1. The Balaban J connectivity index is 1.12. The molecule has 1 N–H and O–H groups in total. The van der Waals surface area contributed by atoms with Gasteiger partial charge in [-0.05, 0) is 147 Å². The lowest BCUT2D eigenvalue weighted by molar-refractivity contribution is -0.174. The third kappa shape index (κ3) is 10.2. The first-order chi connectivity index (χ1) is 30.2. The zero-order valence-electron chi connectivity index (χ0n) is 36.3. The molecule has 3 aliphatic carbocycles. The molecule has 336 valence electrons. The number of alkyl halides is 3. The van der Waals surface area contributed by atoms with Gasteiger partial charge in [0.2, 0.25) is 5.91 Å². The van der Waals surface area contributed by atoms with Gasteiger partial charge < -0.3 is 19.5 Å². The number of methoxy groups -OCH3 is 1. The van der Waals surface area contributed by atoms with Gasteiger partial charge >= 0.3 is 18.1 Å². The third-order valence-electron chi connectivity index (χ3n) is 13.5. The lowest BCUT2D eigenvalue weighted by Crippen LogP contribution is -2.63. The maximum absolute atomic E-state index is 14.5. The molecule has 1 saturated carbocycles. The van der Waals surface area contributed by atoms with Crippen LogP contribution in [0.3, 0.4) is 0 Å². The van der Waals surface area contributed by atoms with Crippen molar-refractivity contribution in [2.75, 3.05) is 31.8 Å². The second kappa shape index (κ2) is 19.7.